The number of aliphatic hydroxyl groups is 2. The second kappa shape index (κ2) is 12.7. The molecule has 0 radical (unpaired) electrons. The van der Waals surface area contributed by atoms with E-state index in [-0.39, 0.29) is 18.2 Å². The summed E-state index contributed by atoms with van der Waals surface area (Å²) in [5.74, 6) is -0.138. The molecular weight excluding hydrogens is 308 g/mol. The van der Waals surface area contributed by atoms with Crippen LogP contribution in [0.3, 0.4) is 0 Å². The fourth-order valence-corrected chi connectivity index (χ4v) is 3.31. The number of ether oxygens (including phenoxy) is 2. The zero-order valence-corrected chi connectivity index (χ0v) is 15.4. The Bertz CT molecular complexity index is 334. The van der Waals surface area contributed by atoms with Gasteiger partial charge in [0, 0.05) is 12.8 Å². The molecule has 1 saturated heterocycles. The van der Waals surface area contributed by atoms with Gasteiger partial charge in [-0.15, -0.1) is 0 Å². The third kappa shape index (κ3) is 8.45. The lowest BCUT2D eigenvalue weighted by Crippen LogP contribution is -2.26. The minimum atomic E-state index is -0.450. The van der Waals surface area contributed by atoms with Gasteiger partial charge < -0.3 is 19.7 Å². The Kier molecular flexibility index (Phi) is 11.3. The highest BCUT2D eigenvalue weighted by Crippen LogP contribution is 2.28. The van der Waals surface area contributed by atoms with Gasteiger partial charge in [0.25, 0.3) is 0 Å². The smallest absolute Gasteiger partial charge is 0.305 e. The molecule has 1 aliphatic heterocycles. The van der Waals surface area contributed by atoms with Gasteiger partial charge in [-0.3, -0.25) is 4.79 Å². The number of methoxy groups -OCH3 is 1. The van der Waals surface area contributed by atoms with Crippen molar-refractivity contribution in [3.63, 3.8) is 0 Å². The minimum Gasteiger partial charge on any atom is -0.469 e. The molecule has 0 aromatic rings. The molecule has 24 heavy (non-hydrogen) atoms. The predicted octanol–water partition coefficient (Wildman–Crippen LogP) is 3.35. The molecule has 0 amide bonds. The van der Waals surface area contributed by atoms with Crippen LogP contribution in [0.1, 0.15) is 84.0 Å². The average molecular weight is 344 g/mol. The summed E-state index contributed by atoms with van der Waals surface area (Å²) in [5, 5.41) is 20.3. The zero-order valence-electron chi connectivity index (χ0n) is 15.4. The van der Waals surface area contributed by atoms with Gasteiger partial charge in [-0.1, -0.05) is 51.9 Å². The van der Waals surface area contributed by atoms with E-state index in [0.29, 0.717) is 12.8 Å². The van der Waals surface area contributed by atoms with Crippen molar-refractivity contribution in [1.29, 1.82) is 0 Å². The van der Waals surface area contributed by atoms with E-state index in [1.54, 1.807) is 0 Å². The summed E-state index contributed by atoms with van der Waals surface area (Å²) in [6.45, 7) is 2.15. The molecule has 4 atom stereocenters. The Morgan fingerprint density at radius 1 is 1.17 bits per heavy atom. The predicted molar refractivity (Wildman–Crippen MR) is 93.8 cm³/mol. The highest BCUT2D eigenvalue weighted by molar-refractivity contribution is 5.68. The summed E-state index contributed by atoms with van der Waals surface area (Å²) in [6.07, 6.45) is 9.79. The third-order valence-electron chi connectivity index (χ3n) is 4.88. The number of hydrogen-bond donors (Lipinski definition) is 2. The zero-order chi connectivity index (χ0) is 17.8. The van der Waals surface area contributed by atoms with Crippen molar-refractivity contribution in [2.24, 2.45) is 0 Å². The lowest BCUT2D eigenvalue weighted by atomic mass is 10.0. The van der Waals surface area contributed by atoms with E-state index in [9.17, 15) is 15.0 Å². The van der Waals surface area contributed by atoms with Crippen molar-refractivity contribution in [2.45, 2.75) is 108 Å². The summed E-state index contributed by atoms with van der Waals surface area (Å²) in [6, 6.07) is 0. The van der Waals surface area contributed by atoms with Crippen LogP contribution in [-0.2, 0) is 14.3 Å². The van der Waals surface area contributed by atoms with Gasteiger partial charge in [0.2, 0.25) is 0 Å². The number of carbonyl (C=O) groups is 1. The maximum absolute atomic E-state index is 11.0. The second-order valence-corrected chi connectivity index (χ2v) is 6.96. The second-order valence-electron chi connectivity index (χ2n) is 6.96. The standard InChI is InChI=1S/C19H36O5/c1-3-4-8-11-15(20)18-14-16(21)17(24-18)12-9-6-5-7-10-13-19(22)23-2/h15-18,20-21H,3-14H2,1-2H3. The number of aliphatic hydroxyl groups excluding tert-OH is 2. The first-order valence-corrected chi connectivity index (χ1v) is 9.66. The molecule has 0 aromatic carbocycles. The largest absolute Gasteiger partial charge is 0.469 e. The van der Waals surface area contributed by atoms with Gasteiger partial charge >= 0.3 is 5.97 Å². The van der Waals surface area contributed by atoms with Crippen LogP contribution in [-0.4, -0.2) is 47.7 Å². The molecule has 5 nitrogen and oxygen atoms in total. The maximum Gasteiger partial charge on any atom is 0.305 e. The summed E-state index contributed by atoms with van der Waals surface area (Å²) in [4.78, 5) is 11.0. The molecule has 0 aromatic heterocycles. The molecule has 1 fully saturated rings. The van der Waals surface area contributed by atoms with Crippen LogP contribution < -0.4 is 0 Å². The van der Waals surface area contributed by atoms with Gasteiger partial charge in [-0.05, 0) is 19.3 Å². The average Bonchev–Trinajstić information content (AvgIpc) is 2.95. The molecule has 5 heteroatoms. The molecule has 4 unspecified atom stereocenters. The van der Waals surface area contributed by atoms with E-state index >= 15 is 0 Å². The molecule has 2 N–H and O–H groups in total. The Labute approximate surface area is 146 Å². The van der Waals surface area contributed by atoms with E-state index in [4.69, 9.17) is 4.74 Å². The number of esters is 1. The van der Waals surface area contributed by atoms with E-state index in [1.807, 2.05) is 0 Å². The van der Waals surface area contributed by atoms with Crippen LogP contribution in [0.4, 0.5) is 0 Å². The van der Waals surface area contributed by atoms with Gasteiger partial charge in [0.15, 0.2) is 0 Å². The molecule has 0 spiro atoms. The highest BCUT2D eigenvalue weighted by Gasteiger charge is 2.36. The molecule has 1 rings (SSSR count). The normalized spacial score (nSPS) is 24.9. The first-order valence-electron chi connectivity index (χ1n) is 9.66. The van der Waals surface area contributed by atoms with Crippen molar-refractivity contribution in [1.82, 2.24) is 0 Å². The van der Waals surface area contributed by atoms with Gasteiger partial charge in [0.1, 0.15) is 0 Å². The van der Waals surface area contributed by atoms with Crippen molar-refractivity contribution < 1.29 is 24.5 Å². The number of rotatable bonds is 13. The maximum atomic E-state index is 11.0. The number of carbonyl (C=O) groups excluding carboxylic acids is 1. The molecular formula is C19H36O5. The van der Waals surface area contributed by atoms with Crippen LogP contribution in [0.15, 0.2) is 0 Å². The number of unbranched alkanes of at least 4 members (excludes halogenated alkanes) is 6. The van der Waals surface area contributed by atoms with Crippen LogP contribution in [0.5, 0.6) is 0 Å². The summed E-state index contributed by atoms with van der Waals surface area (Å²) in [7, 11) is 1.42. The van der Waals surface area contributed by atoms with Crippen LogP contribution in [0.2, 0.25) is 0 Å². The van der Waals surface area contributed by atoms with E-state index < -0.39 is 12.2 Å². The van der Waals surface area contributed by atoms with E-state index in [0.717, 1.165) is 64.2 Å². The minimum absolute atomic E-state index is 0.133. The monoisotopic (exact) mass is 344 g/mol. The fraction of sp³-hybridized carbons (Fsp3) is 0.947. The Balaban J connectivity index is 2.08. The third-order valence-corrected chi connectivity index (χ3v) is 4.88. The lowest BCUT2D eigenvalue weighted by molar-refractivity contribution is -0.140. The van der Waals surface area contributed by atoms with E-state index in [1.165, 1.54) is 7.11 Å². The summed E-state index contributed by atoms with van der Waals surface area (Å²) >= 11 is 0. The molecule has 1 heterocycles. The lowest BCUT2D eigenvalue weighted by Gasteiger charge is -2.19. The van der Waals surface area contributed by atoms with Crippen LogP contribution >= 0.6 is 0 Å². The van der Waals surface area contributed by atoms with Gasteiger partial charge in [-0.2, -0.15) is 0 Å². The summed E-state index contributed by atoms with van der Waals surface area (Å²) in [5.41, 5.74) is 0. The Morgan fingerprint density at radius 3 is 2.58 bits per heavy atom. The Morgan fingerprint density at radius 2 is 1.88 bits per heavy atom. The van der Waals surface area contributed by atoms with Crippen molar-refractivity contribution in [2.75, 3.05) is 7.11 Å². The van der Waals surface area contributed by atoms with Gasteiger partial charge in [-0.25, -0.2) is 0 Å². The molecule has 1 aliphatic rings. The van der Waals surface area contributed by atoms with E-state index in [2.05, 4.69) is 11.7 Å². The van der Waals surface area contributed by atoms with Crippen LogP contribution in [0, 0.1) is 0 Å². The first kappa shape index (κ1) is 21.4. The van der Waals surface area contributed by atoms with Crippen LogP contribution in [0.25, 0.3) is 0 Å². The Hall–Kier alpha value is -0.650. The first-order chi connectivity index (χ1) is 11.6. The quantitative estimate of drug-likeness (QED) is 0.396. The molecule has 142 valence electrons. The molecule has 0 saturated carbocycles. The highest BCUT2D eigenvalue weighted by atomic mass is 16.5. The topological polar surface area (TPSA) is 76.0 Å². The van der Waals surface area contributed by atoms with Crippen molar-refractivity contribution in [3.8, 4) is 0 Å². The van der Waals surface area contributed by atoms with Crippen molar-refractivity contribution in [3.05, 3.63) is 0 Å². The fourth-order valence-electron chi connectivity index (χ4n) is 3.31. The van der Waals surface area contributed by atoms with Gasteiger partial charge in [0.05, 0.1) is 31.5 Å². The molecule has 0 bridgehead atoms. The molecule has 0 aliphatic carbocycles. The summed E-state index contributed by atoms with van der Waals surface area (Å²) < 4.78 is 10.5. The SMILES string of the molecule is CCCCCC(O)C1CC(O)C(CCCCCCCC(=O)OC)O1. The van der Waals surface area contributed by atoms with Crippen molar-refractivity contribution >= 4 is 5.97 Å². The number of hydrogen-bond acceptors (Lipinski definition) is 5.